The summed E-state index contributed by atoms with van der Waals surface area (Å²) in [5.41, 5.74) is 0.727. The number of hydrogen-bond donors (Lipinski definition) is 1. The van der Waals surface area contributed by atoms with Gasteiger partial charge in [0.05, 0.1) is 12.9 Å². The predicted octanol–water partition coefficient (Wildman–Crippen LogP) is 1.95. The Morgan fingerprint density at radius 2 is 2.05 bits per heavy atom. The fourth-order valence-electron chi connectivity index (χ4n) is 2.09. The molecule has 0 amide bonds. The summed E-state index contributed by atoms with van der Waals surface area (Å²) in [5.74, 6) is 0.135. The van der Waals surface area contributed by atoms with Gasteiger partial charge in [-0.3, -0.25) is 4.18 Å². The molecule has 1 fully saturated rings. The average molecular weight is 316 g/mol. The van der Waals surface area contributed by atoms with Crippen molar-refractivity contribution >= 4 is 10.1 Å². The Morgan fingerprint density at radius 1 is 1.33 bits per heavy atom. The Balaban J connectivity index is 2.06. The molecule has 2 rings (SSSR count). The molecule has 1 saturated heterocycles. The molecule has 1 aliphatic heterocycles. The zero-order valence-corrected chi connectivity index (χ0v) is 12.7. The molecular formula is C14H20O6S. The number of phenols is 1. The largest absolute Gasteiger partial charge is 0.508 e. The first-order chi connectivity index (χ1) is 9.94. The van der Waals surface area contributed by atoms with Crippen LogP contribution in [0, 0.1) is 0 Å². The van der Waals surface area contributed by atoms with Crippen molar-refractivity contribution in [3.63, 3.8) is 0 Å². The van der Waals surface area contributed by atoms with Gasteiger partial charge in [-0.15, -0.1) is 0 Å². The van der Waals surface area contributed by atoms with E-state index in [-0.39, 0.29) is 18.6 Å². The second kappa shape index (κ2) is 7.22. The van der Waals surface area contributed by atoms with Gasteiger partial charge in [-0.2, -0.15) is 8.42 Å². The van der Waals surface area contributed by atoms with E-state index < -0.39 is 16.2 Å². The molecule has 0 radical (unpaired) electrons. The van der Waals surface area contributed by atoms with Gasteiger partial charge in [-0.25, -0.2) is 0 Å². The Morgan fingerprint density at radius 3 is 2.62 bits per heavy atom. The standard InChI is InChI=1S/C14H20O6S/c1-21(16,17)19-10-13(11-5-7-12(15)8-6-11)20-14-4-2-3-9-18-14/h5-8,13-15H,2-4,9-10H2,1H3. The van der Waals surface area contributed by atoms with Gasteiger partial charge in [0, 0.05) is 6.61 Å². The third kappa shape index (κ3) is 5.62. The number of rotatable bonds is 6. The van der Waals surface area contributed by atoms with Crippen molar-refractivity contribution in [2.75, 3.05) is 19.5 Å². The van der Waals surface area contributed by atoms with Crippen molar-refractivity contribution in [1.82, 2.24) is 0 Å². The zero-order chi connectivity index (χ0) is 15.3. The molecule has 1 heterocycles. The molecule has 2 atom stereocenters. The van der Waals surface area contributed by atoms with Crippen LogP contribution in [0.15, 0.2) is 24.3 Å². The van der Waals surface area contributed by atoms with E-state index in [2.05, 4.69) is 0 Å². The summed E-state index contributed by atoms with van der Waals surface area (Å²) >= 11 is 0. The molecule has 1 aromatic carbocycles. The number of benzene rings is 1. The van der Waals surface area contributed by atoms with E-state index in [1.807, 2.05) is 0 Å². The van der Waals surface area contributed by atoms with Crippen molar-refractivity contribution in [3.05, 3.63) is 29.8 Å². The van der Waals surface area contributed by atoms with Crippen LogP contribution >= 0.6 is 0 Å². The number of phenolic OH excluding ortho intramolecular Hbond substituents is 1. The minimum absolute atomic E-state index is 0.122. The van der Waals surface area contributed by atoms with Crippen LogP contribution in [0.1, 0.15) is 30.9 Å². The quantitative estimate of drug-likeness (QED) is 0.808. The lowest BCUT2D eigenvalue weighted by molar-refractivity contribution is -0.195. The normalized spacial score (nSPS) is 21.1. The second-order valence-electron chi connectivity index (χ2n) is 5.00. The lowest BCUT2D eigenvalue weighted by atomic mass is 10.1. The fourth-order valence-corrected chi connectivity index (χ4v) is 2.46. The van der Waals surface area contributed by atoms with Crippen molar-refractivity contribution < 1.29 is 27.2 Å². The molecule has 7 heteroatoms. The zero-order valence-electron chi connectivity index (χ0n) is 11.9. The molecule has 118 valence electrons. The van der Waals surface area contributed by atoms with Crippen LogP contribution in [0.2, 0.25) is 0 Å². The van der Waals surface area contributed by atoms with Gasteiger partial charge in [-0.05, 0) is 37.0 Å². The van der Waals surface area contributed by atoms with Gasteiger partial charge in [0.15, 0.2) is 6.29 Å². The molecule has 1 aromatic rings. The average Bonchev–Trinajstić information content (AvgIpc) is 2.45. The minimum atomic E-state index is -3.55. The molecule has 1 N–H and O–H groups in total. The van der Waals surface area contributed by atoms with Crippen molar-refractivity contribution in [3.8, 4) is 5.75 Å². The molecule has 0 saturated carbocycles. The first-order valence-electron chi connectivity index (χ1n) is 6.84. The van der Waals surface area contributed by atoms with E-state index in [1.54, 1.807) is 12.1 Å². The van der Waals surface area contributed by atoms with E-state index in [0.717, 1.165) is 31.1 Å². The Labute approximate surface area is 124 Å². The van der Waals surface area contributed by atoms with Crippen LogP contribution in [0.5, 0.6) is 5.75 Å². The molecular weight excluding hydrogens is 296 g/mol. The predicted molar refractivity (Wildman–Crippen MR) is 76.3 cm³/mol. The monoisotopic (exact) mass is 316 g/mol. The Bertz CT molecular complexity index is 533. The van der Waals surface area contributed by atoms with Crippen LogP contribution in [0.3, 0.4) is 0 Å². The van der Waals surface area contributed by atoms with Crippen LogP contribution in [0.4, 0.5) is 0 Å². The third-order valence-corrected chi connectivity index (χ3v) is 3.72. The molecule has 6 nitrogen and oxygen atoms in total. The highest BCUT2D eigenvalue weighted by molar-refractivity contribution is 7.85. The SMILES string of the molecule is CS(=O)(=O)OCC(OC1CCCCO1)c1ccc(O)cc1. The molecule has 0 aliphatic carbocycles. The highest BCUT2D eigenvalue weighted by Gasteiger charge is 2.22. The van der Waals surface area contributed by atoms with E-state index in [0.29, 0.717) is 6.61 Å². The third-order valence-electron chi connectivity index (χ3n) is 3.15. The summed E-state index contributed by atoms with van der Waals surface area (Å²) < 4.78 is 38.5. The number of aromatic hydroxyl groups is 1. The van der Waals surface area contributed by atoms with Gasteiger partial charge < -0.3 is 14.6 Å². The second-order valence-corrected chi connectivity index (χ2v) is 6.64. The van der Waals surface area contributed by atoms with Gasteiger partial charge in [0.2, 0.25) is 0 Å². The Kier molecular flexibility index (Phi) is 5.58. The highest BCUT2D eigenvalue weighted by atomic mass is 32.2. The van der Waals surface area contributed by atoms with E-state index in [1.165, 1.54) is 12.1 Å². The molecule has 2 unspecified atom stereocenters. The van der Waals surface area contributed by atoms with Crippen molar-refractivity contribution in [2.24, 2.45) is 0 Å². The molecule has 0 bridgehead atoms. The maximum atomic E-state index is 11.2. The summed E-state index contributed by atoms with van der Waals surface area (Å²) in [6.07, 6.45) is 2.86. The number of ether oxygens (including phenoxy) is 2. The maximum absolute atomic E-state index is 11.2. The van der Waals surface area contributed by atoms with Gasteiger partial charge in [-0.1, -0.05) is 12.1 Å². The van der Waals surface area contributed by atoms with Crippen LogP contribution < -0.4 is 0 Å². The van der Waals surface area contributed by atoms with Crippen molar-refractivity contribution in [2.45, 2.75) is 31.7 Å². The Hall–Kier alpha value is -1.15. The topological polar surface area (TPSA) is 82.1 Å². The van der Waals surface area contributed by atoms with Gasteiger partial charge in [0.1, 0.15) is 11.9 Å². The molecule has 0 spiro atoms. The summed E-state index contributed by atoms with van der Waals surface area (Å²) in [6.45, 7) is 0.517. The fraction of sp³-hybridized carbons (Fsp3) is 0.571. The van der Waals surface area contributed by atoms with E-state index >= 15 is 0 Å². The summed E-state index contributed by atoms with van der Waals surface area (Å²) in [7, 11) is -3.55. The number of hydrogen-bond acceptors (Lipinski definition) is 6. The molecule has 0 aromatic heterocycles. The van der Waals surface area contributed by atoms with Crippen LogP contribution in [-0.4, -0.2) is 39.3 Å². The smallest absolute Gasteiger partial charge is 0.264 e. The molecule has 21 heavy (non-hydrogen) atoms. The summed E-state index contributed by atoms with van der Waals surface area (Å²) in [4.78, 5) is 0. The molecule has 1 aliphatic rings. The maximum Gasteiger partial charge on any atom is 0.264 e. The van der Waals surface area contributed by atoms with Crippen LogP contribution in [0.25, 0.3) is 0 Å². The summed E-state index contributed by atoms with van der Waals surface area (Å²) in [5, 5.41) is 9.33. The lowest BCUT2D eigenvalue weighted by Crippen LogP contribution is -2.26. The lowest BCUT2D eigenvalue weighted by Gasteiger charge is -2.27. The van der Waals surface area contributed by atoms with E-state index in [9.17, 15) is 13.5 Å². The van der Waals surface area contributed by atoms with Crippen molar-refractivity contribution in [1.29, 1.82) is 0 Å². The van der Waals surface area contributed by atoms with E-state index in [4.69, 9.17) is 13.7 Å². The first kappa shape index (κ1) is 16.2. The summed E-state index contributed by atoms with van der Waals surface area (Å²) in [6, 6.07) is 6.39. The minimum Gasteiger partial charge on any atom is -0.508 e. The first-order valence-corrected chi connectivity index (χ1v) is 8.66. The van der Waals surface area contributed by atoms with Gasteiger partial charge >= 0.3 is 0 Å². The highest BCUT2D eigenvalue weighted by Crippen LogP contribution is 2.26. The van der Waals surface area contributed by atoms with Crippen LogP contribution in [-0.2, 0) is 23.8 Å². The van der Waals surface area contributed by atoms with Gasteiger partial charge in [0.25, 0.3) is 10.1 Å².